The molecular formula is C18H12BrCl3N2O2. The van der Waals surface area contributed by atoms with Crippen LogP contribution in [0.15, 0.2) is 57.9 Å². The smallest absolute Gasteiger partial charge is 0.289 e. The van der Waals surface area contributed by atoms with Gasteiger partial charge in [-0.25, -0.2) is 0 Å². The molecule has 0 bridgehead atoms. The average Bonchev–Trinajstić information content (AvgIpc) is 2.64. The lowest BCUT2D eigenvalue weighted by Crippen LogP contribution is -2.23. The molecule has 3 rings (SSSR count). The summed E-state index contributed by atoms with van der Waals surface area (Å²) in [6, 6.07) is 12.6. The molecule has 0 unspecified atom stereocenters. The molecule has 0 N–H and O–H groups in total. The highest BCUT2D eigenvalue weighted by atomic mass is 79.9. The highest BCUT2D eigenvalue weighted by Gasteiger charge is 2.16. The van der Waals surface area contributed by atoms with Crippen molar-refractivity contribution in [1.82, 2.24) is 9.78 Å². The predicted octanol–water partition coefficient (Wildman–Crippen LogP) is 5.62. The number of aromatic nitrogens is 2. The molecule has 2 aromatic carbocycles. The van der Waals surface area contributed by atoms with Crippen LogP contribution in [-0.4, -0.2) is 9.78 Å². The second-order valence-electron chi connectivity index (χ2n) is 5.30. The van der Waals surface area contributed by atoms with Crippen molar-refractivity contribution >= 4 is 50.7 Å². The van der Waals surface area contributed by atoms with Gasteiger partial charge in [-0.15, -0.1) is 11.6 Å². The molecule has 1 heterocycles. The molecular weight excluding hydrogens is 462 g/mol. The first kappa shape index (κ1) is 19.2. The van der Waals surface area contributed by atoms with Crippen molar-refractivity contribution in [2.75, 3.05) is 0 Å². The Labute approximate surface area is 173 Å². The van der Waals surface area contributed by atoms with E-state index in [2.05, 4.69) is 21.0 Å². The van der Waals surface area contributed by atoms with Crippen molar-refractivity contribution in [1.29, 1.82) is 0 Å². The summed E-state index contributed by atoms with van der Waals surface area (Å²) in [7, 11) is 0. The van der Waals surface area contributed by atoms with Crippen molar-refractivity contribution in [3.63, 3.8) is 0 Å². The van der Waals surface area contributed by atoms with Crippen molar-refractivity contribution in [3.8, 4) is 11.4 Å². The van der Waals surface area contributed by atoms with Crippen LogP contribution >= 0.6 is 50.7 Å². The molecule has 1 aromatic heterocycles. The Hall–Kier alpha value is -1.53. The third kappa shape index (κ3) is 3.91. The third-order valence-corrected chi connectivity index (χ3v) is 5.31. The minimum absolute atomic E-state index is 0.229. The van der Waals surface area contributed by atoms with Crippen LogP contribution in [-0.2, 0) is 12.5 Å². The molecule has 0 saturated heterocycles. The number of halogens is 4. The van der Waals surface area contributed by atoms with Crippen molar-refractivity contribution < 1.29 is 4.74 Å². The molecule has 0 aliphatic rings. The Balaban J connectivity index is 1.92. The maximum absolute atomic E-state index is 12.7. The van der Waals surface area contributed by atoms with Crippen LogP contribution in [0.2, 0.25) is 10.0 Å². The molecule has 3 aromatic rings. The monoisotopic (exact) mass is 472 g/mol. The fourth-order valence-corrected chi connectivity index (χ4v) is 3.56. The van der Waals surface area contributed by atoms with Crippen molar-refractivity contribution in [2.24, 2.45) is 0 Å². The number of alkyl halides is 1. The van der Waals surface area contributed by atoms with E-state index in [4.69, 9.17) is 39.5 Å². The first-order valence-electron chi connectivity index (χ1n) is 7.50. The van der Waals surface area contributed by atoms with Gasteiger partial charge < -0.3 is 4.74 Å². The lowest BCUT2D eigenvalue weighted by molar-refractivity contribution is 0.300. The minimum atomic E-state index is -0.428. The first-order chi connectivity index (χ1) is 12.5. The number of nitrogens with zero attached hydrogens (tertiary/aromatic N) is 2. The summed E-state index contributed by atoms with van der Waals surface area (Å²) in [6.07, 6.45) is 1.44. The van der Waals surface area contributed by atoms with E-state index in [0.717, 1.165) is 15.8 Å². The van der Waals surface area contributed by atoms with Gasteiger partial charge in [0, 0.05) is 5.88 Å². The SMILES string of the molecule is O=c1c(Br)c(OCc2ccccc2CCl)cnn1-c1c(Cl)cccc1Cl. The van der Waals surface area contributed by atoms with Crippen LogP contribution in [0.5, 0.6) is 5.75 Å². The minimum Gasteiger partial charge on any atom is -0.486 e. The van der Waals surface area contributed by atoms with Gasteiger partial charge in [-0.1, -0.05) is 53.5 Å². The Morgan fingerprint density at radius 2 is 1.69 bits per heavy atom. The number of hydrogen-bond acceptors (Lipinski definition) is 3. The normalized spacial score (nSPS) is 10.8. The zero-order valence-corrected chi connectivity index (χ0v) is 17.1. The average molecular weight is 475 g/mol. The van der Waals surface area contributed by atoms with Gasteiger partial charge in [-0.3, -0.25) is 4.79 Å². The maximum atomic E-state index is 12.7. The van der Waals surface area contributed by atoms with Crippen LogP contribution in [0.4, 0.5) is 0 Å². The molecule has 0 aliphatic carbocycles. The van der Waals surface area contributed by atoms with Crippen LogP contribution < -0.4 is 10.3 Å². The highest BCUT2D eigenvalue weighted by Crippen LogP contribution is 2.28. The highest BCUT2D eigenvalue weighted by molar-refractivity contribution is 9.10. The fourth-order valence-electron chi connectivity index (χ4n) is 2.35. The van der Waals surface area contributed by atoms with Gasteiger partial charge in [0.15, 0.2) is 5.75 Å². The summed E-state index contributed by atoms with van der Waals surface area (Å²) in [4.78, 5) is 12.7. The van der Waals surface area contributed by atoms with E-state index in [-0.39, 0.29) is 11.1 Å². The molecule has 0 aliphatic heterocycles. The largest absolute Gasteiger partial charge is 0.486 e. The van der Waals surface area contributed by atoms with Gasteiger partial charge in [-0.05, 0) is 39.2 Å². The molecule has 0 saturated carbocycles. The molecule has 0 fully saturated rings. The van der Waals surface area contributed by atoms with Crippen LogP contribution in [0.25, 0.3) is 5.69 Å². The van der Waals surface area contributed by atoms with E-state index < -0.39 is 5.56 Å². The predicted molar refractivity (Wildman–Crippen MR) is 108 cm³/mol. The fraction of sp³-hybridized carbons (Fsp3) is 0.111. The number of hydrogen-bond donors (Lipinski definition) is 0. The van der Waals surface area contributed by atoms with Crippen molar-refractivity contribution in [2.45, 2.75) is 12.5 Å². The number of ether oxygens (including phenoxy) is 1. The van der Waals surface area contributed by atoms with E-state index in [1.165, 1.54) is 6.20 Å². The summed E-state index contributed by atoms with van der Waals surface area (Å²) < 4.78 is 7.11. The summed E-state index contributed by atoms with van der Waals surface area (Å²) in [5.41, 5.74) is 1.80. The van der Waals surface area contributed by atoms with Crippen LogP contribution in [0, 0.1) is 0 Å². The van der Waals surface area contributed by atoms with Crippen LogP contribution in [0.1, 0.15) is 11.1 Å². The van der Waals surface area contributed by atoms with Gasteiger partial charge in [0.1, 0.15) is 16.8 Å². The van der Waals surface area contributed by atoms with Gasteiger partial charge >= 0.3 is 0 Å². The van der Waals surface area contributed by atoms with E-state index in [9.17, 15) is 4.79 Å². The third-order valence-electron chi connectivity index (χ3n) is 3.68. The van der Waals surface area contributed by atoms with E-state index in [1.54, 1.807) is 18.2 Å². The molecule has 26 heavy (non-hydrogen) atoms. The summed E-state index contributed by atoms with van der Waals surface area (Å²) in [5.74, 6) is 0.699. The summed E-state index contributed by atoms with van der Waals surface area (Å²) in [5, 5.41) is 4.79. The number of benzene rings is 2. The number of rotatable bonds is 5. The van der Waals surface area contributed by atoms with Gasteiger partial charge in [-0.2, -0.15) is 9.78 Å². The maximum Gasteiger partial charge on any atom is 0.289 e. The van der Waals surface area contributed by atoms with Gasteiger partial charge in [0.2, 0.25) is 0 Å². The van der Waals surface area contributed by atoms with E-state index in [1.807, 2.05) is 24.3 Å². The molecule has 0 amide bonds. The Kier molecular flexibility index (Phi) is 6.24. The summed E-state index contributed by atoms with van der Waals surface area (Å²) >= 11 is 21.5. The zero-order chi connectivity index (χ0) is 18.7. The Bertz CT molecular complexity index is 988. The topological polar surface area (TPSA) is 44.1 Å². The van der Waals surface area contributed by atoms with Crippen LogP contribution in [0.3, 0.4) is 0 Å². The summed E-state index contributed by atoms with van der Waals surface area (Å²) in [6.45, 7) is 0.263. The molecule has 4 nitrogen and oxygen atoms in total. The lowest BCUT2D eigenvalue weighted by Gasteiger charge is -2.13. The van der Waals surface area contributed by atoms with Crippen molar-refractivity contribution in [3.05, 3.63) is 84.7 Å². The molecule has 0 radical (unpaired) electrons. The second kappa shape index (κ2) is 8.44. The quantitative estimate of drug-likeness (QED) is 0.451. The van der Waals surface area contributed by atoms with Gasteiger partial charge in [0.25, 0.3) is 5.56 Å². The van der Waals surface area contributed by atoms with E-state index in [0.29, 0.717) is 27.4 Å². The molecule has 0 atom stereocenters. The second-order valence-corrected chi connectivity index (χ2v) is 7.18. The lowest BCUT2D eigenvalue weighted by atomic mass is 10.1. The zero-order valence-electron chi connectivity index (χ0n) is 13.3. The Morgan fingerprint density at radius 1 is 1.04 bits per heavy atom. The standard InChI is InChI=1S/C18H12BrCl3N2O2/c19-16-15(26-10-12-5-2-1-4-11(12)8-20)9-23-24(18(16)25)17-13(21)6-3-7-14(17)22/h1-7,9H,8,10H2. The van der Waals surface area contributed by atoms with Gasteiger partial charge in [0.05, 0.1) is 16.2 Å². The molecule has 134 valence electrons. The Morgan fingerprint density at radius 3 is 2.35 bits per heavy atom. The molecule has 0 spiro atoms. The van der Waals surface area contributed by atoms with E-state index >= 15 is 0 Å². The number of para-hydroxylation sites is 1. The first-order valence-corrected chi connectivity index (χ1v) is 9.59. The molecule has 8 heteroatoms.